The number of rotatable bonds is 10. The van der Waals surface area contributed by atoms with E-state index in [9.17, 15) is 9.59 Å². The van der Waals surface area contributed by atoms with E-state index in [-0.39, 0.29) is 17.1 Å². The summed E-state index contributed by atoms with van der Waals surface area (Å²) in [6.07, 6.45) is 4.33. The Labute approximate surface area is 136 Å². The van der Waals surface area contributed by atoms with E-state index < -0.39 is 24.0 Å². The Morgan fingerprint density at radius 2 is 1.05 bits per heavy atom. The van der Waals surface area contributed by atoms with Gasteiger partial charge in [-0.1, -0.05) is 12.8 Å². The van der Waals surface area contributed by atoms with E-state index in [1.54, 1.807) is 0 Å². The van der Waals surface area contributed by atoms with Crippen molar-refractivity contribution in [1.82, 2.24) is 0 Å². The summed E-state index contributed by atoms with van der Waals surface area (Å²) in [5, 5.41) is 16.7. The van der Waals surface area contributed by atoms with E-state index >= 15 is 0 Å². The molecular formula is C12H28N4O4Se. The molecule has 0 fully saturated rings. The van der Waals surface area contributed by atoms with Gasteiger partial charge in [-0.15, -0.1) is 0 Å². The van der Waals surface area contributed by atoms with Crippen molar-refractivity contribution < 1.29 is 19.8 Å². The van der Waals surface area contributed by atoms with Crippen LogP contribution in [0.5, 0.6) is 0 Å². The Hall–Kier alpha value is -0.701. The van der Waals surface area contributed by atoms with E-state index in [1.807, 2.05) is 0 Å². The molecule has 126 valence electrons. The minimum Gasteiger partial charge on any atom is -0.480 e. The fourth-order valence-electron chi connectivity index (χ4n) is 1.26. The molecule has 0 aliphatic rings. The molecule has 21 heavy (non-hydrogen) atoms. The molecule has 0 heterocycles. The topological polar surface area (TPSA) is 179 Å². The zero-order valence-corrected chi connectivity index (χ0v) is 14.0. The molecule has 0 spiro atoms. The number of hydrogen-bond donors (Lipinski definition) is 6. The number of aliphatic carboxylic acids is 2. The summed E-state index contributed by atoms with van der Waals surface area (Å²) < 4.78 is 0. The van der Waals surface area contributed by atoms with Crippen molar-refractivity contribution in [2.45, 2.75) is 50.6 Å². The molecule has 0 aliphatic heterocycles. The fraction of sp³-hybridized carbons (Fsp3) is 0.833. The molecule has 0 rings (SSSR count). The molecule has 0 aromatic rings. The normalized spacial score (nSPS) is 12.4. The summed E-state index contributed by atoms with van der Waals surface area (Å²) in [5.74, 6) is -1.87. The number of carboxylic acids is 2. The first-order valence-corrected chi connectivity index (χ1v) is 6.73. The quantitative estimate of drug-likeness (QED) is 0.202. The standard InChI is InChI=1S/2C6H14N2O2.Se/c2*7-4-2-1-3-5(8)6(9)10;/h2*5H,1-4,7-8H2,(H,9,10);. The first kappa shape index (κ1) is 25.3. The molecule has 0 aliphatic carbocycles. The van der Waals surface area contributed by atoms with E-state index in [4.69, 9.17) is 33.1 Å². The summed E-state index contributed by atoms with van der Waals surface area (Å²) in [5.41, 5.74) is 20.8. The predicted octanol–water partition coefficient (Wildman–Crippen LogP) is -1.33. The van der Waals surface area contributed by atoms with Crippen LogP contribution in [-0.2, 0) is 9.59 Å². The molecule has 0 aromatic heterocycles. The van der Waals surface area contributed by atoms with Crippen molar-refractivity contribution in [2.24, 2.45) is 22.9 Å². The molecule has 0 bridgehead atoms. The smallest absolute Gasteiger partial charge is 0.320 e. The van der Waals surface area contributed by atoms with Gasteiger partial charge in [0, 0.05) is 17.1 Å². The maximum atomic E-state index is 10.1. The maximum Gasteiger partial charge on any atom is 0.320 e. The zero-order valence-electron chi connectivity index (χ0n) is 12.2. The SMILES string of the molecule is NCCCCC(N)C(=O)O.NCCCCC(N)C(=O)O.[Se]. The van der Waals surface area contributed by atoms with Crippen LogP contribution in [0.25, 0.3) is 0 Å². The predicted molar refractivity (Wildman–Crippen MR) is 82.8 cm³/mol. The largest absolute Gasteiger partial charge is 0.480 e. The van der Waals surface area contributed by atoms with Gasteiger partial charge in [-0.2, -0.15) is 0 Å². The van der Waals surface area contributed by atoms with Crippen LogP contribution in [0.1, 0.15) is 38.5 Å². The second-order valence-corrected chi connectivity index (χ2v) is 4.46. The Balaban J connectivity index is -0.000000295. The molecule has 10 N–H and O–H groups in total. The van der Waals surface area contributed by atoms with Gasteiger partial charge in [0.25, 0.3) is 0 Å². The zero-order chi connectivity index (χ0) is 16.0. The minimum absolute atomic E-state index is 0. The van der Waals surface area contributed by atoms with Crippen LogP contribution in [0.4, 0.5) is 0 Å². The van der Waals surface area contributed by atoms with Crippen LogP contribution < -0.4 is 22.9 Å². The third kappa shape index (κ3) is 19.3. The van der Waals surface area contributed by atoms with Gasteiger partial charge in [-0.3, -0.25) is 9.59 Å². The van der Waals surface area contributed by atoms with Gasteiger partial charge >= 0.3 is 11.9 Å². The van der Waals surface area contributed by atoms with Gasteiger partial charge in [0.1, 0.15) is 12.1 Å². The second-order valence-electron chi connectivity index (χ2n) is 4.46. The first-order valence-electron chi connectivity index (χ1n) is 6.73. The summed E-state index contributed by atoms with van der Waals surface area (Å²) in [4.78, 5) is 20.3. The summed E-state index contributed by atoms with van der Waals surface area (Å²) in [6.45, 7) is 1.21. The first-order chi connectivity index (χ1) is 9.36. The molecule has 2 unspecified atom stereocenters. The number of carbonyl (C=O) groups is 2. The van der Waals surface area contributed by atoms with Crippen LogP contribution in [0.3, 0.4) is 0 Å². The van der Waals surface area contributed by atoms with Crippen molar-refractivity contribution in [3.63, 3.8) is 0 Å². The van der Waals surface area contributed by atoms with Gasteiger partial charge in [0.2, 0.25) is 0 Å². The van der Waals surface area contributed by atoms with Crippen LogP contribution in [-0.4, -0.2) is 64.4 Å². The van der Waals surface area contributed by atoms with Crippen molar-refractivity contribution in [3.8, 4) is 0 Å². The van der Waals surface area contributed by atoms with Gasteiger partial charge in [0.15, 0.2) is 0 Å². The molecule has 2 atom stereocenters. The molecule has 0 amide bonds. The van der Waals surface area contributed by atoms with Crippen LogP contribution in [0, 0.1) is 0 Å². The molecule has 0 saturated heterocycles. The monoisotopic (exact) mass is 372 g/mol. The maximum absolute atomic E-state index is 10.1. The molecule has 0 saturated carbocycles. The Bertz CT molecular complexity index is 244. The number of nitrogens with two attached hydrogens (primary N) is 4. The van der Waals surface area contributed by atoms with Crippen LogP contribution in [0.2, 0.25) is 0 Å². The Kier molecular flexibility index (Phi) is 20.9. The number of carboxylic acid groups (broad SMARTS) is 2. The van der Waals surface area contributed by atoms with Crippen LogP contribution in [0.15, 0.2) is 0 Å². The average molecular weight is 371 g/mol. The summed E-state index contributed by atoms with van der Waals surface area (Å²) in [6, 6.07) is -1.43. The number of unbranched alkanes of at least 4 members (excludes halogenated alkanes) is 2. The van der Waals surface area contributed by atoms with E-state index in [0.717, 1.165) is 25.7 Å². The third-order valence-corrected chi connectivity index (χ3v) is 2.57. The van der Waals surface area contributed by atoms with Crippen LogP contribution >= 0.6 is 0 Å². The van der Waals surface area contributed by atoms with E-state index in [1.165, 1.54) is 0 Å². The van der Waals surface area contributed by atoms with Crippen molar-refractivity contribution in [2.75, 3.05) is 13.1 Å². The van der Waals surface area contributed by atoms with Crippen molar-refractivity contribution in [1.29, 1.82) is 0 Å². The van der Waals surface area contributed by atoms with E-state index in [2.05, 4.69) is 0 Å². The number of hydrogen-bond acceptors (Lipinski definition) is 6. The average Bonchev–Trinajstić information content (AvgIpc) is 2.39. The molecule has 8 nitrogen and oxygen atoms in total. The van der Waals surface area contributed by atoms with E-state index in [0.29, 0.717) is 25.9 Å². The Morgan fingerprint density at radius 1 is 0.762 bits per heavy atom. The molecular weight excluding hydrogens is 343 g/mol. The minimum atomic E-state index is -0.933. The molecule has 9 heteroatoms. The summed E-state index contributed by atoms with van der Waals surface area (Å²) >= 11 is 0. The van der Waals surface area contributed by atoms with Gasteiger partial charge < -0.3 is 33.1 Å². The summed E-state index contributed by atoms with van der Waals surface area (Å²) in [7, 11) is 0. The molecule has 2 radical (unpaired) electrons. The van der Waals surface area contributed by atoms with Crippen molar-refractivity contribution in [3.05, 3.63) is 0 Å². The van der Waals surface area contributed by atoms with Crippen molar-refractivity contribution >= 4 is 29.0 Å². The van der Waals surface area contributed by atoms with Gasteiger partial charge in [0.05, 0.1) is 0 Å². The molecule has 0 aromatic carbocycles. The fourth-order valence-corrected chi connectivity index (χ4v) is 1.26. The Morgan fingerprint density at radius 3 is 1.24 bits per heavy atom. The van der Waals surface area contributed by atoms with Gasteiger partial charge in [-0.05, 0) is 38.8 Å². The second kappa shape index (κ2) is 17.4. The van der Waals surface area contributed by atoms with Gasteiger partial charge in [-0.25, -0.2) is 0 Å². The third-order valence-electron chi connectivity index (χ3n) is 2.57.